The van der Waals surface area contributed by atoms with E-state index in [-0.39, 0.29) is 49.0 Å². The number of rotatable bonds is 8. The number of aliphatic carboxylic acids is 1. The van der Waals surface area contributed by atoms with Crippen molar-refractivity contribution in [1.82, 2.24) is 0 Å². The van der Waals surface area contributed by atoms with Crippen molar-refractivity contribution in [3.63, 3.8) is 0 Å². The highest BCUT2D eigenvalue weighted by molar-refractivity contribution is 6.10. The van der Waals surface area contributed by atoms with E-state index in [0.717, 1.165) is 6.07 Å². The fraction of sp³-hybridized carbons (Fsp3) is 0.190. The van der Waals surface area contributed by atoms with Gasteiger partial charge in [0.1, 0.15) is 36.3 Å². The number of fused-ring (bicyclic) bond motifs is 1. The van der Waals surface area contributed by atoms with E-state index in [1.54, 1.807) is 30.3 Å². The molecule has 0 saturated carbocycles. The van der Waals surface area contributed by atoms with Crippen LogP contribution in [0.3, 0.4) is 0 Å². The second-order valence-corrected chi connectivity index (χ2v) is 6.46. The molecule has 1 amide bonds. The number of ether oxygens (including phenoxy) is 3. The third-order valence-electron chi connectivity index (χ3n) is 4.25. The van der Waals surface area contributed by atoms with Gasteiger partial charge in [-0.05, 0) is 23.8 Å². The maximum Gasteiger partial charge on any atom is 0.306 e. The summed E-state index contributed by atoms with van der Waals surface area (Å²) in [7, 11) is 0. The fourth-order valence-corrected chi connectivity index (χ4v) is 2.75. The molecule has 0 atom stereocenters. The number of benzene rings is 2. The number of nitrogens with zero attached hydrogens (tertiary/aromatic N) is 2. The van der Waals surface area contributed by atoms with Crippen molar-refractivity contribution in [2.24, 2.45) is 0 Å². The monoisotopic (exact) mass is 439 g/mol. The lowest BCUT2D eigenvalue weighted by Crippen LogP contribution is -2.18. The van der Waals surface area contributed by atoms with Crippen LogP contribution in [0.5, 0.6) is 17.2 Å². The lowest BCUT2D eigenvalue weighted by molar-refractivity contribution is -0.384. The number of hydrogen-bond acceptors (Lipinski definition) is 8. The first-order valence-corrected chi connectivity index (χ1v) is 9.33. The normalized spacial score (nSPS) is 12.4. The number of nitrogens with one attached hydrogen (secondary N) is 1. The molecule has 11 heteroatoms. The largest absolute Gasteiger partial charge is 0.493 e. The quantitative estimate of drug-likeness (QED) is 0.273. The predicted molar refractivity (Wildman–Crippen MR) is 110 cm³/mol. The van der Waals surface area contributed by atoms with E-state index >= 15 is 0 Å². The van der Waals surface area contributed by atoms with Crippen LogP contribution in [0.1, 0.15) is 12.0 Å². The number of anilines is 1. The third kappa shape index (κ3) is 5.51. The molecular weight excluding hydrogens is 422 g/mol. The van der Waals surface area contributed by atoms with Crippen molar-refractivity contribution >= 4 is 29.3 Å². The van der Waals surface area contributed by atoms with Crippen molar-refractivity contribution in [1.29, 1.82) is 5.26 Å². The molecule has 0 spiro atoms. The number of carbonyl (C=O) groups is 2. The van der Waals surface area contributed by atoms with Crippen molar-refractivity contribution < 1.29 is 33.8 Å². The summed E-state index contributed by atoms with van der Waals surface area (Å²) in [5.41, 5.74) is -0.317. The third-order valence-corrected chi connectivity index (χ3v) is 4.25. The van der Waals surface area contributed by atoms with E-state index < -0.39 is 22.5 Å². The van der Waals surface area contributed by atoms with Gasteiger partial charge in [0.15, 0.2) is 11.5 Å². The molecule has 0 aromatic heterocycles. The number of carbonyl (C=O) groups excluding carboxylic acids is 1. The number of carboxylic acid groups (broad SMARTS) is 1. The smallest absolute Gasteiger partial charge is 0.306 e. The number of hydrogen-bond donors (Lipinski definition) is 2. The molecule has 2 N–H and O–H groups in total. The van der Waals surface area contributed by atoms with Gasteiger partial charge in [0.25, 0.3) is 11.6 Å². The van der Waals surface area contributed by atoms with Gasteiger partial charge in [0.05, 0.1) is 24.0 Å². The van der Waals surface area contributed by atoms with E-state index in [0.29, 0.717) is 11.3 Å². The second kappa shape index (κ2) is 9.94. The van der Waals surface area contributed by atoms with Crippen molar-refractivity contribution in [2.45, 2.75) is 6.42 Å². The van der Waals surface area contributed by atoms with Crippen LogP contribution >= 0.6 is 0 Å². The molecule has 0 aliphatic carbocycles. The van der Waals surface area contributed by atoms with Crippen LogP contribution in [-0.4, -0.2) is 41.7 Å². The molecule has 32 heavy (non-hydrogen) atoms. The molecule has 1 aliphatic rings. The summed E-state index contributed by atoms with van der Waals surface area (Å²) in [5, 5.41) is 31.8. The summed E-state index contributed by atoms with van der Waals surface area (Å²) in [6, 6.07) is 10.5. The summed E-state index contributed by atoms with van der Waals surface area (Å²) in [6.07, 6.45) is 1.16. The Morgan fingerprint density at radius 2 is 1.88 bits per heavy atom. The number of nitriles is 1. The molecule has 1 aliphatic heterocycles. The zero-order valence-corrected chi connectivity index (χ0v) is 16.6. The van der Waals surface area contributed by atoms with Crippen LogP contribution in [0.15, 0.2) is 42.0 Å². The predicted octanol–water partition coefficient (Wildman–Crippen LogP) is 2.77. The second-order valence-electron chi connectivity index (χ2n) is 6.46. The molecular formula is C21H17N3O8. The standard InChI is InChI=1S/C21H17N3O8/c22-12-14(9-13-1-3-15(4-2-13)30-6-5-20(25)26)21(27)23-16-10-18-19(32-8-7-31-18)11-17(16)24(28)29/h1-4,9-11H,5-8H2,(H,23,27)(H,25,26)/b14-9-. The Kier molecular flexibility index (Phi) is 6.87. The molecule has 2 aromatic rings. The summed E-state index contributed by atoms with van der Waals surface area (Å²) in [4.78, 5) is 33.8. The van der Waals surface area contributed by atoms with E-state index in [9.17, 15) is 25.0 Å². The van der Waals surface area contributed by atoms with Crippen LogP contribution < -0.4 is 19.5 Å². The Morgan fingerprint density at radius 1 is 1.22 bits per heavy atom. The molecule has 0 bridgehead atoms. The summed E-state index contributed by atoms with van der Waals surface area (Å²) in [5.74, 6) is -0.944. The van der Waals surface area contributed by atoms with Crippen molar-refractivity contribution in [3.05, 3.63) is 57.6 Å². The van der Waals surface area contributed by atoms with Crippen molar-refractivity contribution in [3.8, 4) is 23.3 Å². The van der Waals surface area contributed by atoms with Gasteiger partial charge < -0.3 is 24.6 Å². The van der Waals surface area contributed by atoms with Gasteiger partial charge >= 0.3 is 5.97 Å². The van der Waals surface area contributed by atoms with E-state index in [4.69, 9.17) is 19.3 Å². The van der Waals surface area contributed by atoms with Gasteiger partial charge in [-0.1, -0.05) is 12.1 Å². The molecule has 0 radical (unpaired) electrons. The minimum Gasteiger partial charge on any atom is -0.493 e. The lowest BCUT2D eigenvalue weighted by atomic mass is 10.1. The van der Waals surface area contributed by atoms with Crippen LogP contribution in [0.25, 0.3) is 6.08 Å². The number of nitro benzene ring substituents is 1. The van der Waals surface area contributed by atoms with Gasteiger partial charge in [0.2, 0.25) is 0 Å². The molecule has 2 aromatic carbocycles. The Hall–Kier alpha value is -4.59. The number of nitro groups is 1. The Labute approximate surface area is 181 Å². The number of carboxylic acids is 1. The van der Waals surface area contributed by atoms with E-state index in [1.807, 2.05) is 0 Å². The maximum absolute atomic E-state index is 12.6. The zero-order valence-electron chi connectivity index (χ0n) is 16.6. The van der Waals surface area contributed by atoms with Crippen molar-refractivity contribution in [2.75, 3.05) is 25.1 Å². The van der Waals surface area contributed by atoms with Crippen LogP contribution in [0, 0.1) is 21.4 Å². The molecule has 0 unspecified atom stereocenters. The van der Waals surface area contributed by atoms with Crippen LogP contribution in [0.4, 0.5) is 11.4 Å². The van der Waals surface area contributed by atoms with Gasteiger partial charge in [-0.2, -0.15) is 5.26 Å². The number of amides is 1. The van der Waals surface area contributed by atoms with Crippen LogP contribution in [-0.2, 0) is 9.59 Å². The van der Waals surface area contributed by atoms with Gasteiger partial charge in [-0.3, -0.25) is 19.7 Å². The average molecular weight is 439 g/mol. The first-order chi connectivity index (χ1) is 15.4. The SMILES string of the molecule is N#C/C(=C/c1ccc(OCCC(=O)O)cc1)C(=O)Nc1cc2c(cc1[N+](=O)[O-])OCCO2. The molecule has 3 rings (SSSR count). The molecule has 164 valence electrons. The Morgan fingerprint density at radius 3 is 2.47 bits per heavy atom. The highest BCUT2D eigenvalue weighted by Crippen LogP contribution is 2.39. The topological polar surface area (TPSA) is 161 Å². The average Bonchev–Trinajstić information content (AvgIpc) is 2.77. The highest BCUT2D eigenvalue weighted by atomic mass is 16.6. The first-order valence-electron chi connectivity index (χ1n) is 9.33. The van der Waals surface area contributed by atoms with Crippen LogP contribution in [0.2, 0.25) is 0 Å². The highest BCUT2D eigenvalue weighted by Gasteiger charge is 2.24. The zero-order chi connectivity index (χ0) is 23.1. The molecule has 0 fully saturated rings. The molecule has 0 saturated heterocycles. The summed E-state index contributed by atoms with van der Waals surface area (Å²) >= 11 is 0. The minimum absolute atomic E-state index is 0.00465. The maximum atomic E-state index is 12.6. The fourth-order valence-electron chi connectivity index (χ4n) is 2.75. The Bertz CT molecular complexity index is 1120. The minimum atomic E-state index is -0.979. The first kappa shape index (κ1) is 22.1. The molecule has 1 heterocycles. The van der Waals surface area contributed by atoms with Gasteiger partial charge in [0, 0.05) is 6.07 Å². The molecule has 11 nitrogen and oxygen atoms in total. The summed E-state index contributed by atoms with van der Waals surface area (Å²) in [6.45, 7) is 0.517. The lowest BCUT2D eigenvalue weighted by Gasteiger charge is -2.19. The van der Waals surface area contributed by atoms with Gasteiger partial charge in [-0.25, -0.2) is 0 Å². The summed E-state index contributed by atoms with van der Waals surface area (Å²) < 4.78 is 16.0. The van der Waals surface area contributed by atoms with E-state index in [1.165, 1.54) is 12.1 Å². The van der Waals surface area contributed by atoms with Gasteiger partial charge in [-0.15, -0.1) is 0 Å². The Balaban J connectivity index is 1.76. The van der Waals surface area contributed by atoms with E-state index in [2.05, 4.69) is 5.32 Å².